The molecular formula is C20H23F3N4O3S. The Kier molecular flexibility index (Phi) is 6.83. The van der Waals surface area contributed by atoms with Crippen molar-refractivity contribution >= 4 is 34.4 Å². The first kappa shape index (κ1) is 23.0. The normalized spacial score (nSPS) is 15.0. The number of carbonyl (C=O) groups excluding carboxylic acids is 2. The molecule has 3 rings (SSSR count). The van der Waals surface area contributed by atoms with Gasteiger partial charge in [0.05, 0.1) is 12.8 Å². The lowest BCUT2D eigenvalue weighted by Crippen LogP contribution is -2.38. The fourth-order valence-corrected chi connectivity index (χ4v) is 4.51. The van der Waals surface area contributed by atoms with E-state index in [-0.39, 0.29) is 17.8 Å². The third kappa shape index (κ3) is 4.97. The molecular weight excluding hydrogens is 433 g/mol. The first-order valence-corrected chi connectivity index (χ1v) is 10.7. The Morgan fingerprint density at radius 1 is 1.35 bits per heavy atom. The highest BCUT2D eigenvalue weighted by atomic mass is 32.1. The molecule has 31 heavy (non-hydrogen) atoms. The monoisotopic (exact) mass is 456 g/mol. The largest absolute Gasteiger partial charge is 0.462 e. The zero-order valence-corrected chi connectivity index (χ0v) is 18.2. The van der Waals surface area contributed by atoms with Crippen LogP contribution in [0, 0.1) is 6.92 Å². The van der Waals surface area contributed by atoms with Crippen LogP contribution >= 0.6 is 11.3 Å². The Morgan fingerprint density at radius 2 is 2.03 bits per heavy atom. The van der Waals surface area contributed by atoms with E-state index in [9.17, 15) is 22.8 Å². The molecule has 0 atom stereocenters. The lowest BCUT2D eigenvalue weighted by atomic mass is 10.2. The van der Waals surface area contributed by atoms with Crippen molar-refractivity contribution in [1.82, 2.24) is 14.8 Å². The van der Waals surface area contributed by atoms with Gasteiger partial charge in [-0.25, -0.2) is 9.78 Å². The van der Waals surface area contributed by atoms with Crippen molar-refractivity contribution in [2.75, 3.05) is 11.5 Å². The summed E-state index contributed by atoms with van der Waals surface area (Å²) in [5, 5.41) is 3.95. The van der Waals surface area contributed by atoms with Crippen molar-refractivity contribution in [3.8, 4) is 0 Å². The van der Waals surface area contributed by atoms with Gasteiger partial charge < -0.3 is 4.74 Å². The zero-order chi connectivity index (χ0) is 22.8. The number of anilines is 1. The maximum Gasteiger partial charge on any atom is 0.435 e. The summed E-state index contributed by atoms with van der Waals surface area (Å²) in [6, 6.07) is -0.283. The highest BCUT2D eigenvalue weighted by Crippen LogP contribution is 2.40. The predicted molar refractivity (Wildman–Crippen MR) is 110 cm³/mol. The molecule has 11 heteroatoms. The molecule has 1 fully saturated rings. The summed E-state index contributed by atoms with van der Waals surface area (Å²) in [6.07, 6.45) is 2.68. The van der Waals surface area contributed by atoms with Gasteiger partial charge in [-0.2, -0.15) is 18.3 Å². The Morgan fingerprint density at radius 3 is 2.58 bits per heavy atom. The number of aryl methyl sites for hydroxylation is 1. The average Bonchev–Trinajstić information content (AvgIpc) is 3.43. The average molecular weight is 456 g/mol. The Bertz CT molecular complexity index is 990. The molecule has 168 valence electrons. The van der Waals surface area contributed by atoms with Crippen molar-refractivity contribution in [2.45, 2.75) is 51.7 Å². The van der Waals surface area contributed by atoms with Crippen LogP contribution in [0.25, 0.3) is 6.08 Å². The van der Waals surface area contributed by atoms with E-state index in [4.69, 9.17) is 4.74 Å². The quantitative estimate of drug-likeness (QED) is 0.477. The number of hydrogen-bond acceptors (Lipinski definition) is 6. The van der Waals surface area contributed by atoms with Gasteiger partial charge in [0.15, 0.2) is 10.8 Å². The molecule has 7 nitrogen and oxygen atoms in total. The molecule has 0 aliphatic heterocycles. The van der Waals surface area contributed by atoms with Crippen LogP contribution < -0.4 is 4.90 Å². The third-order valence-corrected chi connectivity index (χ3v) is 6.19. The fraction of sp³-hybridized carbons (Fsp3) is 0.500. The zero-order valence-electron chi connectivity index (χ0n) is 17.4. The summed E-state index contributed by atoms with van der Waals surface area (Å²) in [5.74, 6) is -1.59. The molecule has 1 amide bonds. The molecule has 0 unspecified atom stereocenters. The van der Waals surface area contributed by atoms with Crippen molar-refractivity contribution in [3.05, 3.63) is 34.1 Å². The number of carbonyl (C=O) groups is 2. The Labute approximate surface area is 181 Å². The van der Waals surface area contributed by atoms with E-state index in [2.05, 4.69) is 10.1 Å². The number of esters is 1. The van der Waals surface area contributed by atoms with Gasteiger partial charge in [-0.1, -0.05) is 24.2 Å². The SMILES string of the molecule is CCOC(=O)c1sc(N(C(=O)/C=C/c2cnn(C)c2C)C2CCCC2)nc1C(F)(F)F. The summed E-state index contributed by atoms with van der Waals surface area (Å²) in [5.41, 5.74) is 0.244. The molecule has 2 aromatic rings. The molecule has 1 aliphatic carbocycles. The van der Waals surface area contributed by atoms with Gasteiger partial charge in [-0.3, -0.25) is 14.4 Å². The molecule has 0 bridgehead atoms. The highest BCUT2D eigenvalue weighted by molar-refractivity contribution is 7.17. The van der Waals surface area contributed by atoms with E-state index in [0.29, 0.717) is 24.2 Å². The van der Waals surface area contributed by atoms with Crippen LogP contribution in [0.15, 0.2) is 12.3 Å². The predicted octanol–water partition coefficient (Wildman–Crippen LogP) is 4.37. The summed E-state index contributed by atoms with van der Waals surface area (Å²) < 4.78 is 47.0. The molecule has 2 heterocycles. The van der Waals surface area contributed by atoms with Crippen molar-refractivity contribution in [2.24, 2.45) is 7.05 Å². The summed E-state index contributed by atoms with van der Waals surface area (Å²) in [7, 11) is 1.77. The number of rotatable bonds is 6. The van der Waals surface area contributed by atoms with Gasteiger partial charge >= 0.3 is 12.1 Å². The fourth-order valence-electron chi connectivity index (χ4n) is 3.45. The van der Waals surface area contributed by atoms with Gasteiger partial charge in [-0.05, 0) is 32.8 Å². The van der Waals surface area contributed by atoms with E-state index >= 15 is 0 Å². The van der Waals surface area contributed by atoms with Crippen LogP contribution in [-0.2, 0) is 22.8 Å². The van der Waals surface area contributed by atoms with E-state index in [0.717, 1.165) is 24.1 Å². The molecule has 2 aromatic heterocycles. The number of nitrogens with zero attached hydrogens (tertiary/aromatic N) is 4. The van der Waals surface area contributed by atoms with Gasteiger partial charge in [0.1, 0.15) is 4.88 Å². The van der Waals surface area contributed by atoms with Crippen LogP contribution in [0.4, 0.5) is 18.3 Å². The van der Waals surface area contributed by atoms with Crippen molar-refractivity contribution < 1.29 is 27.5 Å². The first-order chi connectivity index (χ1) is 14.6. The minimum Gasteiger partial charge on any atom is -0.462 e. The number of halogens is 3. The molecule has 0 spiro atoms. The van der Waals surface area contributed by atoms with Gasteiger partial charge in [-0.15, -0.1) is 0 Å². The minimum atomic E-state index is -4.84. The summed E-state index contributed by atoms with van der Waals surface area (Å²) >= 11 is 0.536. The highest BCUT2D eigenvalue weighted by Gasteiger charge is 2.42. The summed E-state index contributed by atoms with van der Waals surface area (Å²) in [6.45, 7) is 3.28. The lowest BCUT2D eigenvalue weighted by Gasteiger charge is -2.25. The molecule has 1 aliphatic rings. The van der Waals surface area contributed by atoms with Gasteiger partial charge in [0.25, 0.3) is 5.91 Å². The second-order valence-corrected chi connectivity index (χ2v) is 8.16. The Balaban J connectivity index is 1.99. The van der Waals surface area contributed by atoms with Crippen LogP contribution in [0.5, 0.6) is 0 Å². The first-order valence-electron chi connectivity index (χ1n) is 9.88. The van der Waals surface area contributed by atoms with Crippen LogP contribution in [-0.4, -0.2) is 39.3 Å². The van der Waals surface area contributed by atoms with Crippen molar-refractivity contribution in [3.63, 3.8) is 0 Å². The lowest BCUT2D eigenvalue weighted by molar-refractivity contribution is -0.141. The minimum absolute atomic E-state index is 0.0676. The maximum absolute atomic E-state index is 13.5. The Hall–Kier alpha value is -2.69. The van der Waals surface area contributed by atoms with E-state index in [1.54, 1.807) is 24.0 Å². The second-order valence-electron chi connectivity index (χ2n) is 7.18. The standard InChI is InChI=1S/C20H23F3N4O3S/c1-4-30-18(29)16-17(20(21,22)23)25-19(31-16)27(14-7-5-6-8-14)15(28)10-9-13-11-24-26(3)12(13)2/h9-11,14H,4-8H2,1-3H3/b10-9+. The number of ether oxygens (including phenoxy) is 1. The number of hydrogen-bond donors (Lipinski definition) is 0. The number of aromatic nitrogens is 3. The number of amides is 1. The van der Waals surface area contributed by atoms with Crippen molar-refractivity contribution in [1.29, 1.82) is 0 Å². The van der Waals surface area contributed by atoms with Crippen LogP contribution in [0.2, 0.25) is 0 Å². The number of alkyl halides is 3. The molecule has 0 aromatic carbocycles. The molecule has 0 radical (unpaired) electrons. The molecule has 0 saturated heterocycles. The van der Waals surface area contributed by atoms with Gasteiger partial charge in [0, 0.05) is 30.4 Å². The van der Waals surface area contributed by atoms with Crippen LogP contribution in [0.3, 0.4) is 0 Å². The smallest absolute Gasteiger partial charge is 0.435 e. The second kappa shape index (κ2) is 9.21. The number of thiazole rings is 1. The summed E-state index contributed by atoms with van der Waals surface area (Å²) in [4.78, 5) is 29.5. The maximum atomic E-state index is 13.5. The topological polar surface area (TPSA) is 77.3 Å². The van der Waals surface area contributed by atoms with Gasteiger partial charge in [0.2, 0.25) is 0 Å². The van der Waals surface area contributed by atoms with E-state index < -0.39 is 28.6 Å². The molecule has 0 N–H and O–H groups in total. The molecule has 1 saturated carbocycles. The third-order valence-electron chi connectivity index (χ3n) is 5.16. The van der Waals surface area contributed by atoms with Crippen LogP contribution in [0.1, 0.15) is 59.2 Å². The van der Waals surface area contributed by atoms with E-state index in [1.165, 1.54) is 17.9 Å². The van der Waals surface area contributed by atoms with E-state index in [1.807, 2.05) is 6.92 Å².